The van der Waals surface area contributed by atoms with E-state index in [4.69, 9.17) is 4.74 Å². The van der Waals surface area contributed by atoms with Crippen molar-refractivity contribution in [2.24, 2.45) is 10.4 Å². The normalized spacial score (nSPS) is 22.6. The summed E-state index contributed by atoms with van der Waals surface area (Å²) in [7, 11) is -3.16. The smallest absolute Gasteiger partial charge is 0.191 e. The highest BCUT2D eigenvalue weighted by molar-refractivity contribution is 7.92. The van der Waals surface area contributed by atoms with E-state index in [9.17, 15) is 13.5 Å². The Morgan fingerprint density at radius 1 is 1.33 bits per heavy atom. The standard InChI is InChI=1S/C16H33N3O4S/c1-5-17-14(18-8-11-24(21,22)15(2,3)4)19-12-16(6-9-20)7-10-23-13-16/h20H,5-13H2,1-4H3,(H2,17,18,19). The zero-order valence-corrected chi connectivity index (χ0v) is 16.2. The van der Waals surface area contributed by atoms with Crippen LogP contribution in [-0.2, 0) is 14.6 Å². The average molecular weight is 364 g/mol. The number of hydrogen-bond acceptors (Lipinski definition) is 5. The molecule has 1 heterocycles. The quantitative estimate of drug-likeness (QED) is 0.430. The maximum atomic E-state index is 12.2. The van der Waals surface area contributed by atoms with E-state index in [1.165, 1.54) is 0 Å². The summed E-state index contributed by atoms with van der Waals surface area (Å²) in [6.45, 7) is 10.1. The van der Waals surface area contributed by atoms with Gasteiger partial charge in [0.25, 0.3) is 0 Å². The van der Waals surface area contributed by atoms with Gasteiger partial charge in [-0.15, -0.1) is 0 Å². The molecular weight excluding hydrogens is 330 g/mol. The van der Waals surface area contributed by atoms with Gasteiger partial charge in [-0.1, -0.05) is 0 Å². The molecular formula is C16H33N3O4S. The van der Waals surface area contributed by atoms with E-state index in [-0.39, 0.29) is 17.8 Å². The lowest BCUT2D eigenvalue weighted by Gasteiger charge is -2.25. The van der Waals surface area contributed by atoms with Gasteiger partial charge in [0.1, 0.15) is 0 Å². The van der Waals surface area contributed by atoms with E-state index < -0.39 is 14.6 Å². The topological polar surface area (TPSA) is 100 Å². The molecule has 0 aromatic carbocycles. The van der Waals surface area contributed by atoms with Crippen molar-refractivity contribution in [2.75, 3.05) is 45.2 Å². The number of sulfone groups is 1. The first kappa shape index (κ1) is 21.2. The lowest BCUT2D eigenvalue weighted by molar-refractivity contribution is 0.131. The third-order valence-corrected chi connectivity index (χ3v) is 6.95. The van der Waals surface area contributed by atoms with Crippen LogP contribution in [0.3, 0.4) is 0 Å². The van der Waals surface area contributed by atoms with Gasteiger partial charge < -0.3 is 20.5 Å². The van der Waals surface area contributed by atoms with Gasteiger partial charge in [0.05, 0.1) is 23.7 Å². The zero-order chi connectivity index (χ0) is 18.3. The molecule has 24 heavy (non-hydrogen) atoms. The zero-order valence-electron chi connectivity index (χ0n) is 15.4. The summed E-state index contributed by atoms with van der Waals surface area (Å²) in [6, 6.07) is 0. The highest BCUT2D eigenvalue weighted by atomic mass is 32.2. The number of nitrogens with zero attached hydrogens (tertiary/aromatic N) is 1. The van der Waals surface area contributed by atoms with Crippen LogP contribution in [0.15, 0.2) is 4.99 Å². The van der Waals surface area contributed by atoms with Crippen molar-refractivity contribution >= 4 is 15.8 Å². The van der Waals surface area contributed by atoms with Crippen LogP contribution in [0.5, 0.6) is 0 Å². The molecule has 1 saturated heterocycles. The Kier molecular flexibility index (Phi) is 7.95. The number of hydrogen-bond donors (Lipinski definition) is 3. The predicted molar refractivity (Wildman–Crippen MR) is 97.1 cm³/mol. The van der Waals surface area contributed by atoms with Crippen LogP contribution in [0.1, 0.15) is 40.5 Å². The fourth-order valence-corrected chi connectivity index (χ4v) is 3.47. The van der Waals surface area contributed by atoms with Crippen LogP contribution in [0.2, 0.25) is 0 Å². The van der Waals surface area contributed by atoms with Crippen molar-refractivity contribution in [3.05, 3.63) is 0 Å². The van der Waals surface area contributed by atoms with Gasteiger partial charge in [0.2, 0.25) is 0 Å². The number of ether oxygens (including phenoxy) is 1. The van der Waals surface area contributed by atoms with Crippen LogP contribution < -0.4 is 10.6 Å². The van der Waals surface area contributed by atoms with E-state index in [0.717, 1.165) is 6.42 Å². The summed E-state index contributed by atoms with van der Waals surface area (Å²) in [5.41, 5.74) is -0.116. The van der Waals surface area contributed by atoms with Gasteiger partial charge in [-0.2, -0.15) is 0 Å². The average Bonchev–Trinajstić information content (AvgIpc) is 2.93. The summed E-state index contributed by atoms with van der Waals surface area (Å²) in [5.74, 6) is 0.664. The van der Waals surface area contributed by atoms with Crippen LogP contribution in [-0.4, -0.2) is 69.4 Å². The van der Waals surface area contributed by atoms with E-state index in [2.05, 4.69) is 15.6 Å². The highest BCUT2D eigenvalue weighted by Gasteiger charge is 2.34. The number of guanidine groups is 1. The van der Waals surface area contributed by atoms with Crippen molar-refractivity contribution in [3.63, 3.8) is 0 Å². The number of nitrogens with one attached hydrogen (secondary N) is 2. The van der Waals surface area contributed by atoms with Crippen molar-refractivity contribution in [3.8, 4) is 0 Å². The first-order valence-corrected chi connectivity index (χ1v) is 10.2. The van der Waals surface area contributed by atoms with Gasteiger partial charge in [-0.05, 0) is 40.5 Å². The van der Waals surface area contributed by atoms with Crippen molar-refractivity contribution in [1.29, 1.82) is 0 Å². The van der Waals surface area contributed by atoms with Gasteiger partial charge in [-0.3, -0.25) is 4.99 Å². The molecule has 1 aliphatic heterocycles. The summed E-state index contributed by atoms with van der Waals surface area (Å²) < 4.78 is 29.0. The predicted octanol–water partition coefficient (Wildman–Crippen LogP) is 0.544. The van der Waals surface area contributed by atoms with Gasteiger partial charge in [0, 0.05) is 31.7 Å². The molecule has 7 nitrogen and oxygen atoms in total. The first-order valence-electron chi connectivity index (χ1n) is 8.59. The monoisotopic (exact) mass is 363 g/mol. The molecule has 0 spiro atoms. The second-order valence-corrected chi connectivity index (χ2v) is 10.2. The Morgan fingerprint density at radius 3 is 2.54 bits per heavy atom. The number of aliphatic hydroxyl groups is 1. The van der Waals surface area contributed by atoms with E-state index >= 15 is 0 Å². The Hall–Kier alpha value is -0.860. The van der Waals surface area contributed by atoms with E-state index in [0.29, 0.717) is 45.2 Å². The van der Waals surface area contributed by atoms with E-state index in [1.807, 2.05) is 6.92 Å². The maximum Gasteiger partial charge on any atom is 0.191 e. The SMILES string of the molecule is CCNC(=NCC1(CCO)CCOC1)NCCS(=O)(=O)C(C)(C)C. The fraction of sp³-hybridized carbons (Fsp3) is 0.938. The second kappa shape index (κ2) is 9.01. The van der Waals surface area contributed by atoms with Crippen LogP contribution in [0.25, 0.3) is 0 Å². The van der Waals surface area contributed by atoms with Crippen molar-refractivity contribution in [2.45, 2.75) is 45.3 Å². The minimum atomic E-state index is -3.16. The lowest BCUT2D eigenvalue weighted by atomic mass is 9.84. The van der Waals surface area contributed by atoms with Gasteiger partial charge in [-0.25, -0.2) is 8.42 Å². The van der Waals surface area contributed by atoms with Crippen molar-refractivity contribution in [1.82, 2.24) is 10.6 Å². The molecule has 1 fully saturated rings. The Labute approximate surface area is 146 Å². The first-order chi connectivity index (χ1) is 11.2. The number of rotatable bonds is 8. The summed E-state index contributed by atoms with van der Waals surface area (Å²) in [5, 5.41) is 15.5. The van der Waals surface area contributed by atoms with Crippen LogP contribution >= 0.6 is 0 Å². The lowest BCUT2D eigenvalue weighted by Crippen LogP contribution is -2.42. The molecule has 0 bridgehead atoms. The Balaban J connectivity index is 2.63. The third-order valence-electron chi connectivity index (χ3n) is 4.34. The van der Waals surface area contributed by atoms with Crippen molar-refractivity contribution < 1.29 is 18.3 Å². The Bertz CT molecular complexity index is 506. The molecule has 8 heteroatoms. The molecule has 0 radical (unpaired) electrons. The fourth-order valence-electron chi connectivity index (χ4n) is 2.49. The summed E-state index contributed by atoms with van der Waals surface area (Å²) in [6.07, 6.45) is 1.54. The van der Waals surface area contributed by atoms with Gasteiger partial charge in [0.15, 0.2) is 15.8 Å². The third kappa shape index (κ3) is 6.22. The second-order valence-electron chi connectivity index (χ2n) is 7.33. The summed E-state index contributed by atoms with van der Waals surface area (Å²) >= 11 is 0. The molecule has 1 aliphatic rings. The van der Waals surface area contributed by atoms with Crippen LogP contribution in [0, 0.1) is 5.41 Å². The molecule has 1 unspecified atom stereocenters. The maximum absolute atomic E-state index is 12.2. The molecule has 0 aromatic rings. The molecule has 3 N–H and O–H groups in total. The number of aliphatic imine (C=N–C) groups is 1. The molecule has 1 atom stereocenters. The minimum Gasteiger partial charge on any atom is -0.396 e. The minimum absolute atomic E-state index is 0.0613. The molecule has 0 amide bonds. The highest BCUT2D eigenvalue weighted by Crippen LogP contribution is 2.32. The molecule has 0 aromatic heterocycles. The van der Waals surface area contributed by atoms with Gasteiger partial charge >= 0.3 is 0 Å². The number of aliphatic hydroxyl groups excluding tert-OH is 1. The largest absolute Gasteiger partial charge is 0.396 e. The van der Waals surface area contributed by atoms with E-state index in [1.54, 1.807) is 20.8 Å². The molecule has 0 aliphatic carbocycles. The van der Waals surface area contributed by atoms with Crippen LogP contribution in [0.4, 0.5) is 0 Å². The summed E-state index contributed by atoms with van der Waals surface area (Å²) in [4.78, 5) is 4.58. The molecule has 0 saturated carbocycles. The molecule has 1 rings (SSSR count). The Morgan fingerprint density at radius 2 is 2.04 bits per heavy atom. The molecule has 142 valence electrons.